The number of hydrogen-bond donors (Lipinski definition) is 2. The van der Waals surface area contributed by atoms with Crippen molar-refractivity contribution in [3.8, 4) is 0 Å². The lowest BCUT2D eigenvalue weighted by Gasteiger charge is -2.38. The second-order valence-corrected chi connectivity index (χ2v) is 8.18. The predicted octanol–water partition coefficient (Wildman–Crippen LogP) is 3.11. The summed E-state index contributed by atoms with van der Waals surface area (Å²) in [5.74, 6) is 0.707. The van der Waals surface area contributed by atoms with Crippen LogP contribution in [0.2, 0.25) is 0 Å². The minimum absolute atomic E-state index is 0.0387. The van der Waals surface area contributed by atoms with E-state index in [2.05, 4.69) is 10.2 Å². The standard InChI is InChI=1S/C13H19Cl2N4O3P/c14-6-9-18(10-7-15)23(22)16-8-5-13(17-23)11-1-3-12(4-2-11)19(20)21/h1-4,13H,5-10H2,(H2,16,17,22)/t13-,23-/m0/s1. The number of hydrogen-bond acceptors (Lipinski definition) is 3. The zero-order valence-electron chi connectivity index (χ0n) is 12.5. The van der Waals surface area contributed by atoms with Crippen LogP contribution in [0.15, 0.2) is 24.3 Å². The van der Waals surface area contributed by atoms with Crippen molar-refractivity contribution in [3.63, 3.8) is 0 Å². The molecule has 2 N–H and O–H groups in total. The minimum Gasteiger partial charge on any atom is -0.271 e. The highest BCUT2D eigenvalue weighted by atomic mass is 35.5. The third kappa shape index (κ3) is 4.66. The fourth-order valence-electron chi connectivity index (χ4n) is 2.52. The van der Waals surface area contributed by atoms with E-state index in [0.717, 1.165) is 12.0 Å². The average Bonchev–Trinajstić information content (AvgIpc) is 2.55. The molecule has 1 aliphatic heterocycles. The van der Waals surface area contributed by atoms with E-state index in [4.69, 9.17) is 23.2 Å². The monoisotopic (exact) mass is 380 g/mol. The van der Waals surface area contributed by atoms with Gasteiger partial charge in [-0.15, -0.1) is 23.2 Å². The highest BCUT2D eigenvalue weighted by Crippen LogP contribution is 2.46. The highest BCUT2D eigenvalue weighted by molar-refractivity contribution is 7.57. The molecule has 0 aliphatic carbocycles. The van der Waals surface area contributed by atoms with Crippen LogP contribution in [0.4, 0.5) is 5.69 Å². The van der Waals surface area contributed by atoms with Crippen molar-refractivity contribution in [2.45, 2.75) is 12.5 Å². The molecular formula is C13H19Cl2N4O3P. The number of rotatable bonds is 7. The first kappa shape index (κ1) is 18.6. The van der Waals surface area contributed by atoms with Crippen LogP contribution in [0.25, 0.3) is 0 Å². The number of halogens is 2. The molecule has 23 heavy (non-hydrogen) atoms. The van der Waals surface area contributed by atoms with Gasteiger partial charge in [0.05, 0.1) is 4.92 Å². The molecule has 2 rings (SSSR count). The molecule has 128 valence electrons. The Morgan fingerprint density at radius 3 is 2.39 bits per heavy atom. The zero-order chi connectivity index (χ0) is 16.9. The van der Waals surface area contributed by atoms with Gasteiger partial charge < -0.3 is 0 Å². The zero-order valence-corrected chi connectivity index (χ0v) is 14.9. The average molecular weight is 381 g/mol. The van der Waals surface area contributed by atoms with Crippen LogP contribution in [-0.4, -0.2) is 41.0 Å². The van der Waals surface area contributed by atoms with Crippen molar-refractivity contribution in [2.75, 3.05) is 31.4 Å². The van der Waals surface area contributed by atoms with Crippen LogP contribution in [0.5, 0.6) is 0 Å². The van der Waals surface area contributed by atoms with Gasteiger partial charge in [0.1, 0.15) is 0 Å². The maximum Gasteiger partial charge on any atom is 0.282 e. The van der Waals surface area contributed by atoms with Crippen LogP contribution in [0.1, 0.15) is 18.0 Å². The molecule has 7 nitrogen and oxygen atoms in total. The first-order valence-electron chi connectivity index (χ1n) is 7.25. The summed E-state index contributed by atoms with van der Waals surface area (Å²) in [5.41, 5.74) is 0.908. The summed E-state index contributed by atoms with van der Waals surface area (Å²) in [7, 11) is -2.98. The number of nitrogens with zero attached hydrogens (tertiary/aromatic N) is 2. The Morgan fingerprint density at radius 2 is 1.87 bits per heavy atom. The van der Waals surface area contributed by atoms with Gasteiger partial charge in [-0.25, -0.2) is 14.8 Å². The van der Waals surface area contributed by atoms with Gasteiger partial charge in [0.15, 0.2) is 0 Å². The summed E-state index contributed by atoms with van der Waals surface area (Å²) >= 11 is 11.6. The van der Waals surface area contributed by atoms with E-state index in [1.54, 1.807) is 16.8 Å². The van der Waals surface area contributed by atoms with Crippen molar-refractivity contribution in [1.29, 1.82) is 0 Å². The lowest BCUT2D eigenvalue weighted by molar-refractivity contribution is -0.384. The quantitative estimate of drug-likeness (QED) is 0.327. The van der Waals surface area contributed by atoms with Crippen LogP contribution < -0.4 is 10.2 Å². The Kier molecular flexibility index (Phi) is 6.83. The van der Waals surface area contributed by atoms with E-state index < -0.39 is 12.5 Å². The Morgan fingerprint density at radius 1 is 1.26 bits per heavy atom. The normalized spacial score (nSPS) is 24.7. The number of nitro benzene ring substituents is 1. The fourth-order valence-corrected chi connectivity index (χ4v) is 5.52. The third-order valence-corrected chi connectivity index (χ3v) is 6.53. The van der Waals surface area contributed by atoms with Crippen molar-refractivity contribution in [2.24, 2.45) is 0 Å². The van der Waals surface area contributed by atoms with Gasteiger partial charge in [0.25, 0.3) is 13.3 Å². The van der Waals surface area contributed by atoms with E-state index in [0.29, 0.717) is 31.4 Å². The topological polar surface area (TPSA) is 87.5 Å². The van der Waals surface area contributed by atoms with Gasteiger partial charge in [-0.3, -0.25) is 14.7 Å². The molecule has 1 heterocycles. The first-order chi connectivity index (χ1) is 11.0. The summed E-state index contributed by atoms with van der Waals surface area (Å²) in [6, 6.07) is 6.16. The second kappa shape index (κ2) is 8.42. The number of alkyl halides is 2. The molecule has 1 aliphatic rings. The number of nitrogens with one attached hydrogen (secondary N) is 2. The number of nitro groups is 1. The minimum atomic E-state index is -2.98. The van der Waals surface area contributed by atoms with Crippen molar-refractivity contribution in [3.05, 3.63) is 39.9 Å². The maximum atomic E-state index is 13.2. The lowest BCUT2D eigenvalue weighted by atomic mass is 10.0. The molecule has 10 heteroatoms. The molecule has 0 amide bonds. The molecule has 0 spiro atoms. The molecule has 0 aromatic heterocycles. The van der Waals surface area contributed by atoms with Crippen LogP contribution in [0, 0.1) is 10.1 Å². The van der Waals surface area contributed by atoms with Gasteiger partial charge in [0.2, 0.25) is 0 Å². The van der Waals surface area contributed by atoms with E-state index in [-0.39, 0.29) is 11.7 Å². The van der Waals surface area contributed by atoms with Gasteiger partial charge in [0, 0.05) is 49.6 Å². The Labute approximate surface area is 145 Å². The van der Waals surface area contributed by atoms with E-state index >= 15 is 0 Å². The van der Waals surface area contributed by atoms with Gasteiger partial charge in [-0.2, -0.15) is 0 Å². The molecule has 0 unspecified atom stereocenters. The summed E-state index contributed by atoms with van der Waals surface area (Å²) < 4.78 is 14.9. The van der Waals surface area contributed by atoms with Crippen molar-refractivity contribution in [1.82, 2.24) is 14.8 Å². The Balaban J connectivity index is 2.15. The molecule has 2 atom stereocenters. The van der Waals surface area contributed by atoms with E-state index in [1.807, 2.05) is 0 Å². The largest absolute Gasteiger partial charge is 0.282 e. The Bertz CT molecular complexity index is 581. The summed E-state index contributed by atoms with van der Waals surface area (Å²) in [6.45, 7) is 1.49. The Hall–Kier alpha value is -0.690. The van der Waals surface area contributed by atoms with Gasteiger partial charge in [-0.1, -0.05) is 12.1 Å². The predicted molar refractivity (Wildman–Crippen MR) is 92.2 cm³/mol. The summed E-state index contributed by atoms with van der Waals surface area (Å²) in [6.07, 6.45) is 0.734. The van der Waals surface area contributed by atoms with Crippen LogP contribution in [-0.2, 0) is 4.57 Å². The molecule has 0 saturated carbocycles. The fraction of sp³-hybridized carbons (Fsp3) is 0.538. The van der Waals surface area contributed by atoms with Crippen molar-refractivity contribution < 1.29 is 9.49 Å². The molecule has 1 saturated heterocycles. The summed E-state index contributed by atoms with van der Waals surface area (Å²) in [4.78, 5) is 10.3. The molecule has 0 bridgehead atoms. The lowest BCUT2D eigenvalue weighted by Crippen LogP contribution is -2.43. The molecule has 0 radical (unpaired) electrons. The number of benzene rings is 1. The van der Waals surface area contributed by atoms with E-state index in [9.17, 15) is 14.7 Å². The van der Waals surface area contributed by atoms with Gasteiger partial charge >= 0.3 is 0 Å². The third-order valence-electron chi connectivity index (χ3n) is 3.68. The SMILES string of the molecule is O=[N+]([O-])c1ccc([C@@H]2CCN[P@@](=O)(N(CCCl)CCCl)N2)cc1. The number of non-ortho nitro benzene ring substituents is 1. The first-order valence-corrected chi connectivity index (χ1v) is 9.97. The van der Waals surface area contributed by atoms with Crippen molar-refractivity contribution >= 4 is 36.5 Å². The smallest absolute Gasteiger partial charge is 0.271 e. The van der Waals surface area contributed by atoms with Crippen LogP contribution in [0.3, 0.4) is 0 Å². The van der Waals surface area contributed by atoms with Crippen LogP contribution >= 0.6 is 30.8 Å². The highest BCUT2D eigenvalue weighted by Gasteiger charge is 2.35. The molecular weight excluding hydrogens is 362 g/mol. The molecule has 1 aromatic rings. The molecule has 1 aromatic carbocycles. The maximum absolute atomic E-state index is 13.2. The second-order valence-electron chi connectivity index (χ2n) is 5.13. The molecule has 1 fully saturated rings. The summed E-state index contributed by atoms with van der Waals surface area (Å²) in [5, 5.41) is 16.9. The van der Waals surface area contributed by atoms with E-state index in [1.165, 1.54) is 12.1 Å². The van der Waals surface area contributed by atoms with Gasteiger partial charge in [-0.05, 0) is 12.0 Å².